The molecule has 1 aliphatic rings. The van der Waals surface area contributed by atoms with Crippen LogP contribution in [0.4, 0.5) is 5.69 Å². The lowest BCUT2D eigenvalue weighted by atomic mass is 10.1. The predicted molar refractivity (Wildman–Crippen MR) is 66.7 cm³/mol. The van der Waals surface area contributed by atoms with Crippen molar-refractivity contribution in [2.45, 2.75) is 26.7 Å². The Labute approximate surface area is 101 Å². The Morgan fingerprint density at radius 3 is 2.71 bits per heavy atom. The zero-order valence-corrected chi connectivity index (χ0v) is 10.5. The quantitative estimate of drug-likeness (QED) is 0.868. The molecule has 1 N–H and O–H groups in total. The van der Waals surface area contributed by atoms with E-state index >= 15 is 0 Å². The highest BCUT2D eigenvalue weighted by molar-refractivity contribution is 5.95. The number of aromatic nitrogens is 1. The summed E-state index contributed by atoms with van der Waals surface area (Å²) in [7, 11) is 1.96. The van der Waals surface area contributed by atoms with Crippen LogP contribution < -0.4 is 4.90 Å². The Bertz CT molecular complexity index is 453. The van der Waals surface area contributed by atoms with Gasteiger partial charge in [-0.1, -0.05) is 0 Å². The lowest BCUT2D eigenvalue weighted by molar-refractivity contribution is 0.0696. The van der Waals surface area contributed by atoms with Crippen LogP contribution in [0.15, 0.2) is 6.07 Å². The van der Waals surface area contributed by atoms with Gasteiger partial charge in [0.2, 0.25) is 0 Å². The van der Waals surface area contributed by atoms with Crippen molar-refractivity contribution < 1.29 is 9.90 Å². The molecule has 2 rings (SSSR count). The number of hydrogen-bond donors (Lipinski definition) is 1. The topological polar surface area (TPSA) is 53.4 Å². The number of aryl methyl sites for hydroxylation is 2. The first-order chi connectivity index (χ1) is 7.99. The molecule has 0 amide bonds. The summed E-state index contributed by atoms with van der Waals surface area (Å²) >= 11 is 0. The van der Waals surface area contributed by atoms with Crippen molar-refractivity contribution in [3.05, 3.63) is 23.0 Å². The molecule has 92 valence electrons. The van der Waals surface area contributed by atoms with Gasteiger partial charge in [0.25, 0.3) is 0 Å². The van der Waals surface area contributed by atoms with Crippen molar-refractivity contribution in [3.8, 4) is 0 Å². The van der Waals surface area contributed by atoms with Crippen LogP contribution in [-0.4, -0.2) is 29.7 Å². The SMILES string of the molecule is Cc1cc(N(C)CC2CC2)c(C(=O)O)c(C)n1. The van der Waals surface area contributed by atoms with E-state index in [-0.39, 0.29) is 0 Å². The first kappa shape index (κ1) is 11.9. The van der Waals surface area contributed by atoms with Crippen molar-refractivity contribution in [2.75, 3.05) is 18.5 Å². The van der Waals surface area contributed by atoms with Crippen molar-refractivity contribution in [2.24, 2.45) is 5.92 Å². The smallest absolute Gasteiger partial charge is 0.339 e. The highest BCUT2D eigenvalue weighted by atomic mass is 16.4. The van der Waals surface area contributed by atoms with Gasteiger partial charge in [0, 0.05) is 19.3 Å². The minimum Gasteiger partial charge on any atom is -0.478 e. The van der Waals surface area contributed by atoms with Gasteiger partial charge >= 0.3 is 5.97 Å². The number of carboxylic acids is 1. The summed E-state index contributed by atoms with van der Waals surface area (Å²) in [6, 6.07) is 1.86. The molecule has 0 aromatic carbocycles. The molecule has 0 atom stereocenters. The zero-order chi connectivity index (χ0) is 12.6. The van der Waals surface area contributed by atoms with E-state index in [0.29, 0.717) is 11.3 Å². The second kappa shape index (κ2) is 4.35. The van der Waals surface area contributed by atoms with E-state index in [9.17, 15) is 9.90 Å². The van der Waals surface area contributed by atoms with Gasteiger partial charge in [0.15, 0.2) is 0 Å². The van der Waals surface area contributed by atoms with Gasteiger partial charge in [-0.15, -0.1) is 0 Å². The van der Waals surface area contributed by atoms with Crippen LogP contribution in [0.3, 0.4) is 0 Å². The molecule has 1 fully saturated rings. The summed E-state index contributed by atoms with van der Waals surface area (Å²) in [5, 5.41) is 9.27. The normalized spacial score (nSPS) is 14.8. The Morgan fingerprint density at radius 1 is 1.53 bits per heavy atom. The Hall–Kier alpha value is -1.58. The molecule has 4 heteroatoms. The van der Waals surface area contributed by atoms with Crippen LogP contribution in [-0.2, 0) is 0 Å². The number of rotatable bonds is 4. The van der Waals surface area contributed by atoms with Gasteiger partial charge < -0.3 is 10.0 Å². The minimum atomic E-state index is -0.896. The summed E-state index contributed by atoms with van der Waals surface area (Å²) in [6.07, 6.45) is 2.52. The maximum Gasteiger partial charge on any atom is 0.339 e. The number of anilines is 1. The fourth-order valence-electron chi connectivity index (χ4n) is 2.16. The molecule has 1 heterocycles. The van der Waals surface area contributed by atoms with E-state index in [0.717, 1.165) is 23.8 Å². The summed E-state index contributed by atoms with van der Waals surface area (Å²) in [5.74, 6) is -0.164. The van der Waals surface area contributed by atoms with E-state index in [4.69, 9.17) is 0 Å². The summed E-state index contributed by atoms with van der Waals surface area (Å²) in [4.78, 5) is 17.6. The van der Waals surface area contributed by atoms with Gasteiger partial charge in [0.1, 0.15) is 5.56 Å². The average molecular weight is 234 g/mol. The highest BCUT2D eigenvalue weighted by Crippen LogP contribution is 2.32. The summed E-state index contributed by atoms with van der Waals surface area (Å²) < 4.78 is 0. The Kier molecular flexibility index (Phi) is 3.05. The third kappa shape index (κ3) is 2.57. The first-order valence-corrected chi connectivity index (χ1v) is 5.91. The van der Waals surface area contributed by atoms with Gasteiger partial charge in [0.05, 0.1) is 11.4 Å². The molecular formula is C13H18N2O2. The van der Waals surface area contributed by atoms with E-state index in [2.05, 4.69) is 4.98 Å². The Morgan fingerprint density at radius 2 is 2.18 bits per heavy atom. The summed E-state index contributed by atoms with van der Waals surface area (Å²) in [5.41, 5.74) is 2.58. The maximum absolute atomic E-state index is 11.3. The number of aromatic carboxylic acids is 1. The monoisotopic (exact) mass is 234 g/mol. The van der Waals surface area contributed by atoms with Crippen LogP contribution in [0.5, 0.6) is 0 Å². The number of pyridine rings is 1. The third-order valence-corrected chi connectivity index (χ3v) is 3.16. The average Bonchev–Trinajstić information content (AvgIpc) is 2.99. The Balaban J connectivity index is 2.38. The molecule has 0 saturated heterocycles. The fourth-order valence-corrected chi connectivity index (χ4v) is 2.16. The molecule has 1 aliphatic carbocycles. The molecule has 0 aliphatic heterocycles. The van der Waals surface area contributed by atoms with Gasteiger partial charge in [-0.2, -0.15) is 0 Å². The number of nitrogens with zero attached hydrogens (tertiary/aromatic N) is 2. The van der Waals surface area contributed by atoms with E-state index in [1.165, 1.54) is 12.8 Å². The van der Waals surface area contributed by atoms with Crippen molar-refractivity contribution in [1.29, 1.82) is 0 Å². The minimum absolute atomic E-state index is 0.332. The number of carbonyl (C=O) groups is 1. The third-order valence-electron chi connectivity index (χ3n) is 3.16. The maximum atomic E-state index is 11.3. The molecular weight excluding hydrogens is 216 g/mol. The fraction of sp³-hybridized carbons (Fsp3) is 0.538. The molecule has 0 radical (unpaired) electrons. The zero-order valence-electron chi connectivity index (χ0n) is 10.5. The second-order valence-electron chi connectivity index (χ2n) is 4.87. The lowest BCUT2D eigenvalue weighted by Gasteiger charge is -2.22. The van der Waals surface area contributed by atoms with Crippen molar-refractivity contribution in [3.63, 3.8) is 0 Å². The number of carboxylic acid groups (broad SMARTS) is 1. The van der Waals surface area contributed by atoms with Crippen LogP contribution in [0.2, 0.25) is 0 Å². The largest absolute Gasteiger partial charge is 0.478 e. The predicted octanol–water partition coefficient (Wildman–Crippen LogP) is 2.24. The van der Waals surface area contributed by atoms with E-state index in [1.54, 1.807) is 6.92 Å². The molecule has 0 unspecified atom stereocenters. The van der Waals surface area contributed by atoms with Crippen LogP contribution in [0, 0.1) is 19.8 Å². The first-order valence-electron chi connectivity index (χ1n) is 5.91. The van der Waals surface area contributed by atoms with E-state index < -0.39 is 5.97 Å². The standard InChI is InChI=1S/C13H18N2O2/c1-8-6-11(15(3)7-10-4-5-10)12(13(16)17)9(2)14-8/h6,10H,4-5,7H2,1-3H3,(H,16,17). The molecule has 4 nitrogen and oxygen atoms in total. The summed E-state index contributed by atoms with van der Waals surface area (Å²) in [6.45, 7) is 4.58. The molecule has 0 bridgehead atoms. The van der Waals surface area contributed by atoms with Crippen LogP contribution in [0.25, 0.3) is 0 Å². The van der Waals surface area contributed by atoms with Crippen molar-refractivity contribution >= 4 is 11.7 Å². The lowest BCUT2D eigenvalue weighted by Crippen LogP contribution is -2.23. The number of hydrogen-bond acceptors (Lipinski definition) is 3. The van der Waals surface area contributed by atoms with Gasteiger partial charge in [-0.05, 0) is 38.7 Å². The van der Waals surface area contributed by atoms with Crippen LogP contribution >= 0.6 is 0 Å². The van der Waals surface area contributed by atoms with Gasteiger partial charge in [-0.25, -0.2) is 4.79 Å². The second-order valence-corrected chi connectivity index (χ2v) is 4.87. The molecule has 0 spiro atoms. The van der Waals surface area contributed by atoms with Crippen molar-refractivity contribution in [1.82, 2.24) is 4.98 Å². The van der Waals surface area contributed by atoms with E-state index in [1.807, 2.05) is 24.9 Å². The molecule has 1 aromatic rings. The molecule has 17 heavy (non-hydrogen) atoms. The van der Waals surface area contributed by atoms with Gasteiger partial charge in [-0.3, -0.25) is 4.98 Å². The molecule has 1 saturated carbocycles. The van der Waals surface area contributed by atoms with Crippen LogP contribution in [0.1, 0.15) is 34.6 Å². The molecule has 1 aromatic heterocycles. The highest BCUT2D eigenvalue weighted by Gasteiger charge is 2.25.